The fraction of sp³-hybridized carbons (Fsp3) is 0.556. The molecule has 1 rings (SSSR count). The predicted molar refractivity (Wildman–Crippen MR) is 59.5 cm³/mol. The first-order valence-corrected chi connectivity index (χ1v) is 5.31. The highest BCUT2D eigenvalue weighted by Crippen LogP contribution is 2.12. The van der Waals surface area contributed by atoms with Gasteiger partial charge in [-0.1, -0.05) is 6.92 Å². The van der Waals surface area contributed by atoms with Gasteiger partial charge in [0.05, 0.1) is 6.61 Å². The minimum absolute atomic E-state index is 0.670. The molecular formula is C9H14BrN3O. The summed E-state index contributed by atoms with van der Waals surface area (Å²) >= 11 is 3.34. The average Bonchev–Trinajstić information content (AvgIpc) is 2.17. The largest absolute Gasteiger partial charge is 0.383 e. The van der Waals surface area contributed by atoms with Gasteiger partial charge in [-0.2, -0.15) is 0 Å². The van der Waals surface area contributed by atoms with Gasteiger partial charge in [0.25, 0.3) is 0 Å². The summed E-state index contributed by atoms with van der Waals surface area (Å²) in [7, 11) is 1.68. The number of nitrogens with zero attached hydrogens (tertiary/aromatic N) is 2. The molecule has 0 aliphatic rings. The second kappa shape index (κ2) is 5.93. The molecule has 0 bridgehead atoms. The number of ether oxygens (including phenoxy) is 1. The third kappa shape index (κ3) is 3.59. The van der Waals surface area contributed by atoms with Gasteiger partial charge in [0.15, 0.2) is 0 Å². The van der Waals surface area contributed by atoms with Crippen LogP contribution in [0.5, 0.6) is 0 Å². The summed E-state index contributed by atoms with van der Waals surface area (Å²) in [5, 5.41) is 3.16. The fourth-order valence-electron chi connectivity index (χ4n) is 0.995. The van der Waals surface area contributed by atoms with Crippen LogP contribution in [-0.4, -0.2) is 30.2 Å². The minimum atomic E-state index is 0.670. The van der Waals surface area contributed by atoms with E-state index in [1.165, 1.54) is 0 Å². The topological polar surface area (TPSA) is 47.0 Å². The summed E-state index contributed by atoms with van der Waals surface area (Å²) in [4.78, 5) is 8.53. The van der Waals surface area contributed by atoms with Gasteiger partial charge in [0.1, 0.15) is 16.2 Å². The van der Waals surface area contributed by atoms with Crippen molar-refractivity contribution in [2.24, 2.45) is 0 Å². The van der Waals surface area contributed by atoms with Gasteiger partial charge >= 0.3 is 0 Å². The lowest BCUT2D eigenvalue weighted by molar-refractivity contribution is 0.210. The van der Waals surface area contributed by atoms with Gasteiger partial charge in [-0.15, -0.1) is 0 Å². The van der Waals surface area contributed by atoms with Crippen LogP contribution in [0.1, 0.15) is 12.7 Å². The predicted octanol–water partition coefficient (Wildman–Crippen LogP) is 1.86. The van der Waals surface area contributed by atoms with Crippen LogP contribution in [0.3, 0.4) is 0 Å². The Morgan fingerprint density at radius 3 is 2.93 bits per heavy atom. The lowest BCUT2D eigenvalue weighted by Crippen LogP contribution is -2.10. The molecule has 0 spiro atoms. The Hall–Kier alpha value is -0.680. The van der Waals surface area contributed by atoms with Gasteiger partial charge in [-0.25, -0.2) is 9.97 Å². The zero-order chi connectivity index (χ0) is 10.4. The summed E-state index contributed by atoms with van der Waals surface area (Å²) in [5.41, 5.74) is 0. The van der Waals surface area contributed by atoms with E-state index in [1.807, 2.05) is 13.0 Å². The summed E-state index contributed by atoms with van der Waals surface area (Å²) in [6.45, 7) is 3.45. The molecule has 4 nitrogen and oxygen atoms in total. The monoisotopic (exact) mass is 259 g/mol. The standard InChI is InChI=1S/C9H14BrN3O/c1-3-8-12-7(10)6-9(13-8)11-4-5-14-2/h6H,3-5H2,1-2H3,(H,11,12,13). The molecule has 1 heterocycles. The van der Waals surface area contributed by atoms with Crippen molar-refractivity contribution in [1.82, 2.24) is 9.97 Å². The van der Waals surface area contributed by atoms with Crippen LogP contribution in [0.15, 0.2) is 10.7 Å². The van der Waals surface area contributed by atoms with E-state index in [2.05, 4.69) is 31.2 Å². The second-order valence-corrected chi connectivity index (χ2v) is 3.58. The van der Waals surface area contributed by atoms with Crippen molar-refractivity contribution in [1.29, 1.82) is 0 Å². The first-order chi connectivity index (χ1) is 6.76. The van der Waals surface area contributed by atoms with Crippen molar-refractivity contribution >= 4 is 21.7 Å². The number of halogens is 1. The molecule has 78 valence electrons. The molecule has 0 fully saturated rings. The smallest absolute Gasteiger partial charge is 0.131 e. The molecule has 0 aromatic carbocycles. The number of nitrogens with one attached hydrogen (secondary N) is 1. The molecule has 1 aromatic rings. The zero-order valence-corrected chi connectivity index (χ0v) is 9.97. The Labute approximate surface area is 92.2 Å². The van der Waals surface area contributed by atoms with E-state index in [1.54, 1.807) is 7.11 Å². The van der Waals surface area contributed by atoms with E-state index in [-0.39, 0.29) is 0 Å². The third-order valence-electron chi connectivity index (χ3n) is 1.67. The van der Waals surface area contributed by atoms with Crippen LogP contribution in [0.4, 0.5) is 5.82 Å². The third-order valence-corrected chi connectivity index (χ3v) is 2.08. The van der Waals surface area contributed by atoms with Gasteiger partial charge in [-0.3, -0.25) is 0 Å². The van der Waals surface area contributed by atoms with E-state index in [0.29, 0.717) is 6.61 Å². The van der Waals surface area contributed by atoms with E-state index < -0.39 is 0 Å². The Kier molecular flexibility index (Phi) is 4.82. The number of hydrogen-bond donors (Lipinski definition) is 1. The molecule has 0 saturated carbocycles. The molecular weight excluding hydrogens is 246 g/mol. The summed E-state index contributed by atoms with van der Waals surface area (Å²) in [6.07, 6.45) is 0.832. The van der Waals surface area contributed by atoms with Crippen LogP contribution in [0.2, 0.25) is 0 Å². The van der Waals surface area contributed by atoms with E-state index in [4.69, 9.17) is 4.74 Å². The highest BCUT2D eigenvalue weighted by Gasteiger charge is 2.00. The van der Waals surface area contributed by atoms with Crippen molar-refractivity contribution < 1.29 is 4.74 Å². The number of aryl methyl sites for hydroxylation is 1. The van der Waals surface area contributed by atoms with Gasteiger partial charge in [0, 0.05) is 26.1 Å². The van der Waals surface area contributed by atoms with Gasteiger partial charge in [0.2, 0.25) is 0 Å². The molecule has 0 amide bonds. The molecule has 14 heavy (non-hydrogen) atoms. The maximum absolute atomic E-state index is 4.93. The number of rotatable bonds is 5. The number of methoxy groups -OCH3 is 1. The summed E-state index contributed by atoms with van der Waals surface area (Å²) < 4.78 is 5.74. The van der Waals surface area contributed by atoms with Crippen molar-refractivity contribution in [3.63, 3.8) is 0 Å². The van der Waals surface area contributed by atoms with E-state index in [9.17, 15) is 0 Å². The fourth-order valence-corrected chi connectivity index (χ4v) is 1.42. The van der Waals surface area contributed by atoms with E-state index in [0.717, 1.165) is 29.2 Å². The van der Waals surface area contributed by atoms with Crippen LogP contribution >= 0.6 is 15.9 Å². The number of hydrogen-bond acceptors (Lipinski definition) is 4. The molecule has 0 radical (unpaired) electrons. The Morgan fingerprint density at radius 1 is 1.50 bits per heavy atom. The van der Waals surface area contributed by atoms with Crippen LogP contribution in [-0.2, 0) is 11.2 Å². The highest BCUT2D eigenvalue weighted by molar-refractivity contribution is 9.10. The SMILES string of the molecule is CCc1nc(Br)cc(NCCOC)n1. The highest BCUT2D eigenvalue weighted by atomic mass is 79.9. The van der Waals surface area contributed by atoms with Crippen LogP contribution < -0.4 is 5.32 Å². The van der Waals surface area contributed by atoms with Gasteiger partial charge in [-0.05, 0) is 15.9 Å². The van der Waals surface area contributed by atoms with E-state index >= 15 is 0 Å². The molecule has 0 aliphatic heterocycles. The number of anilines is 1. The first kappa shape index (κ1) is 11.4. The van der Waals surface area contributed by atoms with Crippen molar-refractivity contribution in [2.75, 3.05) is 25.6 Å². The minimum Gasteiger partial charge on any atom is -0.383 e. The van der Waals surface area contributed by atoms with Crippen LogP contribution in [0, 0.1) is 0 Å². The Bertz CT molecular complexity index is 293. The van der Waals surface area contributed by atoms with Crippen LogP contribution in [0.25, 0.3) is 0 Å². The van der Waals surface area contributed by atoms with Gasteiger partial charge < -0.3 is 10.1 Å². The average molecular weight is 260 g/mol. The molecule has 0 unspecified atom stereocenters. The van der Waals surface area contributed by atoms with Crippen molar-refractivity contribution in [3.05, 3.63) is 16.5 Å². The summed E-state index contributed by atoms with van der Waals surface area (Å²) in [5.74, 6) is 1.67. The van der Waals surface area contributed by atoms with Crippen molar-refractivity contribution in [2.45, 2.75) is 13.3 Å². The number of aromatic nitrogens is 2. The first-order valence-electron chi connectivity index (χ1n) is 4.52. The maximum atomic E-state index is 4.93. The van der Waals surface area contributed by atoms with Crippen molar-refractivity contribution in [3.8, 4) is 0 Å². The molecule has 1 aromatic heterocycles. The molecule has 1 N–H and O–H groups in total. The second-order valence-electron chi connectivity index (χ2n) is 2.77. The summed E-state index contributed by atoms with van der Waals surface area (Å²) in [6, 6.07) is 1.86. The lowest BCUT2D eigenvalue weighted by Gasteiger charge is -2.06. The molecule has 0 atom stereocenters. The molecule has 0 saturated heterocycles. The zero-order valence-electron chi connectivity index (χ0n) is 8.38. The quantitative estimate of drug-likeness (QED) is 0.648. The lowest BCUT2D eigenvalue weighted by atomic mass is 10.4. The molecule has 5 heteroatoms. The maximum Gasteiger partial charge on any atom is 0.131 e. The Balaban J connectivity index is 2.62. The molecule has 0 aliphatic carbocycles. The Morgan fingerprint density at radius 2 is 2.29 bits per heavy atom. The normalized spacial score (nSPS) is 10.2.